The van der Waals surface area contributed by atoms with E-state index in [-0.39, 0.29) is 22.2 Å². The van der Waals surface area contributed by atoms with Crippen LogP contribution in [0.25, 0.3) is 11.0 Å². The Morgan fingerprint density at radius 2 is 1.81 bits per heavy atom. The van der Waals surface area contributed by atoms with Crippen LogP contribution >= 0.6 is 11.3 Å². The Morgan fingerprint density at radius 1 is 1.08 bits per heavy atom. The van der Waals surface area contributed by atoms with Gasteiger partial charge in [-0.3, -0.25) is 19.3 Å². The Hall–Kier alpha value is -4.44. The van der Waals surface area contributed by atoms with Crippen LogP contribution < -0.4 is 14.4 Å². The molecule has 1 N–H and O–H groups in total. The summed E-state index contributed by atoms with van der Waals surface area (Å²) in [6, 6.07) is 12.5. The van der Waals surface area contributed by atoms with Crippen molar-refractivity contribution in [2.45, 2.75) is 19.9 Å². The average molecular weight is 519 g/mol. The molecule has 0 bridgehead atoms. The first-order valence-electron chi connectivity index (χ1n) is 11.2. The molecule has 5 rings (SSSR count). The lowest BCUT2D eigenvalue weighted by Gasteiger charge is -2.25. The maximum Gasteiger partial charge on any atom is 0.296 e. The van der Waals surface area contributed by atoms with E-state index in [2.05, 4.69) is 4.98 Å². The minimum absolute atomic E-state index is 0.0254. The van der Waals surface area contributed by atoms with E-state index in [1.54, 1.807) is 49.4 Å². The number of methoxy groups -OCH3 is 2. The number of aryl methyl sites for hydroxylation is 1. The summed E-state index contributed by atoms with van der Waals surface area (Å²) in [5, 5.41) is 11.9. The van der Waals surface area contributed by atoms with E-state index in [0.29, 0.717) is 38.6 Å². The van der Waals surface area contributed by atoms with Gasteiger partial charge in [0.15, 0.2) is 33.9 Å². The molecule has 37 heavy (non-hydrogen) atoms. The molecule has 1 aliphatic rings. The van der Waals surface area contributed by atoms with Crippen LogP contribution in [-0.2, 0) is 4.79 Å². The summed E-state index contributed by atoms with van der Waals surface area (Å²) in [4.78, 5) is 45.3. The number of carbonyl (C=O) groups is 3. The molecule has 0 aliphatic carbocycles. The zero-order valence-electron chi connectivity index (χ0n) is 20.4. The van der Waals surface area contributed by atoms with Crippen molar-refractivity contribution < 1.29 is 33.4 Å². The summed E-state index contributed by atoms with van der Waals surface area (Å²) >= 11 is 1.02. The third-order valence-corrected chi connectivity index (χ3v) is 7.39. The second-order valence-corrected chi connectivity index (χ2v) is 9.38. The van der Waals surface area contributed by atoms with Crippen molar-refractivity contribution in [3.05, 3.63) is 81.8 Å². The van der Waals surface area contributed by atoms with Crippen LogP contribution in [0, 0.1) is 6.92 Å². The minimum atomic E-state index is -1.07. The van der Waals surface area contributed by atoms with Crippen LogP contribution in [0.4, 0.5) is 5.13 Å². The lowest BCUT2D eigenvalue weighted by molar-refractivity contribution is -0.117. The number of thiazole rings is 1. The van der Waals surface area contributed by atoms with Gasteiger partial charge < -0.3 is 19.0 Å². The Kier molecular flexibility index (Phi) is 6.04. The molecule has 0 spiro atoms. The number of aliphatic hydroxyl groups excluding tert-OH is 1. The number of amides is 1. The van der Waals surface area contributed by atoms with Gasteiger partial charge in [0, 0.05) is 12.3 Å². The number of fused-ring (bicyclic) bond motifs is 1. The average Bonchev–Trinajstić information content (AvgIpc) is 3.57. The second-order valence-electron chi connectivity index (χ2n) is 8.40. The Balaban J connectivity index is 1.69. The summed E-state index contributed by atoms with van der Waals surface area (Å²) in [5.41, 5.74) is 1.24. The first-order valence-corrected chi connectivity index (χ1v) is 12.1. The van der Waals surface area contributed by atoms with Crippen LogP contribution in [0.3, 0.4) is 0 Å². The van der Waals surface area contributed by atoms with Crippen molar-refractivity contribution >= 4 is 44.9 Å². The number of aliphatic hydroxyl groups is 1. The molecule has 1 atom stereocenters. The number of para-hydroxylation sites is 1. The highest BCUT2D eigenvalue weighted by Gasteiger charge is 2.47. The lowest BCUT2D eigenvalue weighted by atomic mass is 9.95. The van der Waals surface area contributed by atoms with Crippen molar-refractivity contribution in [3.63, 3.8) is 0 Å². The molecule has 1 aliphatic heterocycles. The molecule has 0 saturated heterocycles. The summed E-state index contributed by atoms with van der Waals surface area (Å²) in [6.07, 6.45) is 0. The highest BCUT2D eigenvalue weighted by molar-refractivity contribution is 7.17. The molecule has 9 nitrogen and oxygen atoms in total. The smallest absolute Gasteiger partial charge is 0.296 e. The quantitative estimate of drug-likeness (QED) is 0.332. The Bertz CT molecular complexity index is 1580. The lowest BCUT2D eigenvalue weighted by Crippen LogP contribution is -2.31. The maximum atomic E-state index is 13.8. The van der Waals surface area contributed by atoms with E-state index in [9.17, 15) is 19.5 Å². The third kappa shape index (κ3) is 3.95. The number of nitrogens with zero attached hydrogens (tertiary/aromatic N) is 2. The van der Waals surface area contributed by atoms with Crippen molar-refractivity contribution in [1.29, 1.82) is 0 Å². The van der Waals surface area contributed by atoms with Crippen LogP contribution in [-0.4, -0.2) is 41.8 Å². The molecule has 0 fully saturated rings. The molecule has 188 valence electrons. The molecule has 1 amide bonds. The van der Waals surface area contributed by atoms with E-state index < -0.39 is 23.5 Å². The van der Waals surface area contributed by atoms with Crippen LogP contribution in [0.15, 0.2) is 64.3 Å². The number of ether oxygens (including phenoxy) is 2. The predicted octanol–water partition coefficient (Wildman–Crippen LogP) is 5.20. The van der Waals surface area contributed by atoms with Crippen molar-refractivity contribution in [1.82, 2.24) is 4.98 Å². The van der Waals surface area contributed by atoms with Gasteiger partial charge in [0.25, 0.3) is 5.91 Å². The Morgan fingerprint density at radius 3 is 2.46 bits per heavy atom. The largest absolute Gasteiger partial charge is 0.503 e. The molecule has 1 unspecified atom stereocenters. The molecule has 10 heteroatoms. The molecule has 2 aromatic heterocycles. The second kappa shape index (κ2) is 9.21. The number of aromatic nitrogens is 1. The number of Topliss-reactive ketones (excluding diaryl/α,β-unsaturated/α-hetero) is 2. The highest BCUT2D eigenvalue weighted by atomic mass is 32.1. The molecule has 0 saturated carbocycles. The molecule has 2 aromatic carbocycles. The number of ketones is 2. The Labute approximate surface area is 215 Å². The highest BCUT2D eigenvalue weighted by Crippen LogP contribution is 2.45. The SMILES string of the molecule is COc1ccc(C2C(C(=O)c3cc4ccccc4o3)=C(O)C(=O)N2c2nc(C)c(C(C)=O)s2)cc1OC. The van der Waals surface area contributed by atoms with E-state index in [4.69, 9.17) is 13.9 Å². The predicted molar refractivity (Wildman–Crippen MR) is 137 cm³/mol. The summed E-state index contributed by atoms with van der Waals surface area (Å²) < 4.78 is 16.5. The maximum absolute atomic E-state index is 13.8. The van der Waals surface area contributed by atoms with E-state index >= 15 is 0 Å². The van der Waals surface area contributed by atoms with Gasteiger partial charge in [0.2, 0.25) is 5.78 Å². The summed E-state index contributed by atoms with van der Waals surface area (Å²) in [7, 11) is 2.96. The minimum Gasteiger partial charge on any atom is -0.503 e. The van der Waals surface area contributed by atoms with Crippen LogP contribution in [0.5, 0.6) is 11.5 Å². The molecule has 0 radical (unpaired) electrons. The van der Waals surface area contributed by atoms with Crippen LogP contribution in [0.2, 0.25) is 0 Å². The first kappa shape index (κ1) is 24.3. The monoisotopic (exact) mass is 518 g/mol. The van der Waals surface area contributed by atoms with E-state index in [1.165, 1.54) is 26.0 Å². The molecular formula is C27H22N2O7S. The number of furan rings is 1. The van der Waals surface area contributed by atoms with Crippen molar-refractivity contribution in [2.75, 3.05) is 19.1 Å². The standard InChI is InChI=1S/C27H22N2O7S/c1-13-25(14(2)30)37-27(28-13)29-22(16-9-10-18(34-3)19(12-16)35-4)21(24(32)26(29)33)23(31)20-11-15-7-5-6-8-17(15)36-20/h5-12,22,32H,1-4H3. The van der Waals surface area contributed by atoms with Crippen LogP contribution in [0.1, 0.15) is 44.4 Å². The van der Waals surface area contributed by atoms with Gasteiger partial charge in [0.05, 0.1) is 36.4 Å². The fourth-order valence-electron chi connectivity index (χ4n) is 4.41. The zero-order valence-corrected chi connectivity index (χ0v) is 21.2. The number of anilines is 1. The molecular weight excluding hydrogens is 496 g/mol. The van der Waals surface area contributed by atoms with Gasteiger partial charge in [-0.05, 0) is 36.8 Å². The third-order valence-electron chi connectivity index (χ3n) is 6.14. The fraction of sp³-hybridized carbons (Fsp3) is 0.185. The number of rotatable bonds is 7. The number of hydrogen-bond donors (Lipinski definition) is 1. The van der Waals surface area contributed by atoms with Gasteiger partial charge in [-0.25, -0.2) is 4.98 Å². The fourth-order valence-corrected chi connectivity index (χ4v) is 5.40. The van der Waals surface area contributed by atoms with Gasteiger partial charge >= 0.3 is 0 Å². The number of benzene rings is 2. The topological polar surface area (TPSA) is 119 Å². The van der Waals surface area contributed by atoms with Gasteiger partial charge in [-0.1, -0.05) is 35.6 Å². The van der Waals surface area contributed by atoms with Gasteiger partial charge in [-0.2, -0.15) is 0 Å². The first-order chi connectivity index (χ1) is 17.7. The number of hydrogen-bond acceptors (Lipinski definition) is 9. The van der Waals surface area contributed by atoms with Gasteiger partial charge in [-0.15, -0.1) is 0 Å². The van der Waals surface area contributed by atoms with Crippen molar-refractivity contribution in [2.24, 2.45) is 0 Å². The zero-order chi connectivity index (χ0) is 26.4. The summed E-state index contributed by atoms with van der Waals surface area (Å²) in [6.45, 7) is 3.07. The molecule has 4 aromatic rings. The van der Waals surface area contributed by atoms with E-state index in [1.807, 2.05) is 6.07 Å². The number of carbonyl (C=O) groups excluding carboxylic acids is 3. The molecule has 3 heterocycles. The van der Waals surface area contributed by atoms with E-state index in [0.717, 1.165) is 11.3 Å². The normalized spacial score (nSPS) is 15.5. The van der Waals surface area contributed by atoms with Crippen molar-refractivity contribution in [3.8, 4) is 11.5 Å². The summed E-state index contributed by atoms with van der Waals surface area (Å²) in [5.74, 6) is -1.59. The van der Waals surface area contributed by atoms with Gasteiger partial charge in [0.1, 0.15) is 5.58 Å².